The first-order valence-electron chi connectivity index (χ1n) is 5.75. The van der Waals surface area contributed by atoms with Gasteiger partial charge in [0.1, 0.15) is 0 Å². The number of halogens is 1. The number of nitrogens with zero attached hydrogens (tertiary/aromatic N) is 1. The first kappa shape index (κ1) is 13.0. The molecule has 1 fully saturated rings. The van der Waals surface area contributed by atoms with Crippen LogP contribution in [0.2, 0.25) is 5.02 Å². The van der Waals surface area contributed by atoms with Crippen molar-refractivity contribution in [3.63, 3.8) is 0 Å². The van der Waals surface area contributed by atoms with Crippen LogP contribution in [0.4, 0.5) is 0 Å². The van der Waals surface area contributed by atoms with E-state index in [-0.39, 0.29) is 6.04 Å². The molecule has 1 saturated heterocycles. The van der Waals surface area contributed by atoms with Gasteiger partial charge >= 0.3 is 0 Å². The summed E-state index contributed by atoms with van der Waals surface area (Å²) >= 11 is 6.00. The monoisotopic (exact) mass is 272 g/mol. The van der Waals surface area contributed by atoms with Crippen LogP contribution in [-0.2, 0) is 10.8 Å². The molecule has 1 aromatic carbocycles. The van der Waals surface area contributed by atoms with E-state index in [1.54, 1.807) is 0 Å². The van der Waals surface area contributed by atoms with Crippen LogP contribution in [0.25, 0.3) is 0 Å². The van der Waals surface area contributed by atoms with Crippen LogP contribution < -0.4 is 5.73 Å². The molecule has 0 aliphatic carbocycles. The van der Waals surface area contributed by atoms with Crippen LogP contribution in [0.1, 0.15) is 11.6 Å². The number of hydrogen-bond donors (Lipinski definition) is 1. The van der Waals surface area contributed by atoms with Gasteiger partial charge in [0.05, 0.1) is 0 Å². The molecule has 1 aromatic rings. The van der Waals surface area contributed by atoms with E-state index in [0.29, 0.717) is 6.54 Å². The Kier molecular flexibility index (Phi) is 4.56. The van der Waals surface area contributed by atoms with Crippen molar-refractivity contribution in [2.24, 2.45) is 5.73 Å². The zero-order valence-corrected chi connectivity index (χ0v) is 11.2. The third-order valence-electron chi connectivity index (χ3n) is 3.11. The molecular weight excluding hydrogens is 256 g/mol. The average molecular weight is 273 g/mol. The largest absolute Gasteiger partial charge is 0.329 e. The van der Waals surface area contributed by atoms with E-state index < -0.39 is 10.8 Å². The van der Waals surface area contributed by atoms with Crippen molar-refractivity contribution in [1.82, 2.24) is 4.90 Å². The van der Waals surface area contributed by atoms with Gasteiger partial charge in [0.2, 0.25) is 0 Å². The molecule has 0 spiro atoms. The number of nitrogens with two attached hydrogens (primary N) is 1. The zero-order chi connectivity index (χ0) is 12.3. The fraction of sp³-hybridized carbons (Fsp3) is 0.500. The lowest BCUT2D eigenvalue weighted by Gasteiger charge is -2.33. The summed E-state index contributed by atoms with van der Waals surface area (Å²) in [7, 11) is -0.649. The van der Waals surface area contributed by atoms with Crippen LogP contribution in [0.5, 0.6) is 0 Å². The summed E-state index contributed by atoms with van der Waals surface area (Å²) in [4.78, 5) is 2.30. The zero-order valence-electron chi connectivity index (χ0n) is 9.64. The molecule has 0 radical (unpaired) electrons. The SMILES string of the molecule is NCC(c1cccc(Cl)c1)N1CCS(=O)CC1. The number of hydrogen-bond acceptors (Lipinski definition) is 3. The van der Waals surface area contributed by atoms with Crippen LogP contribution in [0, 0.1) is 0 Å². The van der Waals surface area contributed by atoms with Crippen LogP contribution in [0.3, 0.4) is 0 Å². The van der Waals surface area contributed by atoms with Gasteiger partial charge in [-0.25, -0.2) is 0 Å². The van der Waals surface area contributed by atoms with Gasteiger partial charge in [-0.2, -0.15) is 0 Å². The molecule has 94 valence electrons. The minimum absolute atomic E-state index is 0.186. The van der Waals surface area contributed by atoms with Gasteiger partial charge in [0.15, 0.2) is 0 Å². The van der Waals surface area contributed by atoms with E-state index >= 15 is 0 Å². The minimum Gasteiger partial charge on any atom is -0.329 e. The van der Waals surface area contributed by atoms with Gasteiger partial charge in [-0.1, -0.05) is 23.7 Å². The highest BCUT2D eigenvalue weighted by Crippen LogP contribution is 2.23. The Labute approximate surface area is 109 Å². The molecule has 17 heavy (non-hydrogen) atoms. The van der Waals surface area contributed by atoms with E-state index in [1.807, 2.05) is 18.2 Å². The maximum atomic E-state index is 11.3. The number of rotatable bonds is 3. The predicted octanol–water partition coefficient (Wildman–Crippen LogP) is 1.40. The summed E-state index contributed by atoms with van der Waals surface area (Å²) < 4.78 is 11.3. The van der Waals surface area contributed by atoms with Crippen molar-refractivity contribution in [1.29, 1.82) is 0 Å². The molecule has 3 nitrogen and oxygen atoms in total. The summed E-state index contributed by atoms with van der Waals surface area (Å²) in [5.74, 6) is 1.49. The minimum atomic E-state index is -0.649. The van der Waals surface area contributed by atoms with E-state index in [0.717, 1.165) is 35.2 Å². The Morgan fingerprint density at radius 3 is 2.71 bits per heavy atom. The van der Waals surface area contributed by atoms with E-state index in [4.69, 9.17) is 17.3 Å². The second-order valence-electron chi connectivity index (χ2n) is 4.19. The molecule has 5 heteroatoms. The molecule has 0 saturated carbocycles. The molecule has 0 bridgehead atoms. The van der Waals surface area contributed by atoms with Gasteiger partial charge in [-0.15, -0.1) is 0 Å². The first-order valence-corrected chi connectivity index (χ1v) is 7.62. The lowest BCUT2D eigenvalue weighted by Crippen LogP contribution is -2.42. The normalized spacial score (nSPS) is 20.4. The van der Waals surface area contributed by atoms with Crippen molar-refractivity contribution in [2.45, 2.75) is 6.04 Å². The standard InChI is InChI=1S/C12H17ClN2OS/c13-11-3-1-2-10(8-11)12(9-14)15-4-6-17(16)7-5-15/h1-3,8,12H,4-7,9,14H2. The highest BCUT2D eigenvalue weighted by molar-refractivity contribution is 7.85. The molecule has 0 amide bonds. The van der Waals surface area contributed by atoms with Crippen molar-refractivity contribution in [3.8, 4) is 0 Å². The quantitative estimate of drug-likeness (QED) is 0.905. The van der Waals surface area contributed by atoms with E-state index in [2.05, 4.69) is 11.0 Å². The van der Waals surface area contributed by atoms with Gasteiger partial charge in [-0.05, 0) is 17.7 Å². The molecule has 1 atom stereocenters. The Balaban J connectivity index is 2.13. The van der Waals surface area contributed by atoms with Crippen LogP contribution in [-0.4, -0.2) is 40.2 Å². The fourth-order valence-electron chi connectivity index (χ4n) is 2.17. The molecule has 2 N–H and O–H groups in total. The summed E-state index contributed by atoms with van der Waals surface area (Å²) in [5, 5.41) is 0.738. The number of benzene rings is 1. The van der Waals surface area contributed by atoms with Gasteiger partial charge in [-0.3, -0.25) is 9.11 Å². The van der Waals surface area contributed by atoms with Gasteiger partial charge < -0.3 is 5.73 Å². The Hall–Kier alpha value is -0.420. The topological polar surface area (TPSA) is 46.3 Å². The second kappa shape index (κ2) is 5.96. The van der Waals surface area contributed by atoms with E-state index in [1.165, 1.54) is 0 Å². The van der Waals surface area contributed by atoms with Crippen LogP contribution in [0.15, 0.2) is 24.3 Å². The van der Waals surface area contributed by atoms with E-state index in [9.17, 15) is 4.21 Å². The molecular formula is C12H17ClN2OS. The van der Waals surface area contributed by atoms with Crippen molar-refractivity contribution >= 4 is 22.4 Å². The lowest BCUT2D eigenvalue weighted by molar-refractivity contribution is 0.221. The predicted molar refractivity (Wildman–Crippen MR) is 72.7 cm³/mol. The summed E-state index contributed by atoms with van der Waals surface area (Å²) in [6, 6.07) is 8.01. The highest BCUT2D eigenvalue weighted by atomic mass is 35.5. The average Bonchev–Trinajstić information content (AvgIpc) is 2.33. The highest BCUT2D eigenvalue weighted by Gasteiger charge is 2.23. The summed E-state index contributed by atoms with van der Waals surface area (Å²) in [5.41, 5.74) is 7.01. The van der Waals surface area contributed by atoms with Crippen LogP contribution >= 0.6 is 11.6 Å². The summed E-state index contributed by atoms with van der Waals surface area (Å²) in [6.07, 6.45) is 0. The smallest absolute Gasteiger partial charge is 0.0471 e. The molecule has 1 aliphatic heterocycles. The molecule has 0 aromatic heterocycles. The Bertz CT molecular complexity index is 403. The molecule has 1 heterocycles. The van der Waals surface area contributed by atoms with Crippen molar-refractivity contribution in [3.05, 3.63) is 34.9 Å². The third-order valence-corrected chi connectivity index (χ3v) is 4.62. The molecule has 2 rings (SSSR count). The molecule has 1 aliphatic rings. The summed E-state index contributed by atoms with van der Waals surface area (Å²) in [6.45, 7) is 2.26. The molecule has 1 unspecified atom stereocenters. The van der Waals surface area contributed by atoms with Crippen molar-refractivity contribution in [2.75, 3.05) is 31.1 Å². The maximum Gasteiger partial charge on any atom is 0.0471 e. The van der Waals surface area contributed by atoms with Crippen molar-refractivity contribution < 1.29 is 4.21 Å². The second-order valence-corrected chi connectivity index (χ2v) is 6.32. The fourth-order valence-corrected chi connectivity index (χ4v) is 3.45. The Morgan fingerprint density at radius 1 is 1.41 bits per heavy atom. The van der Waals surface area contributed by atoms with Gasteiger partial charge in [0, 0.05) is 53.0 Å². The first-order chi connectivity index (χ1) is 8.20. The van der Waals surface area contributed by atoms with Gasteiger partial charge in [0.25, 0.3) is 0 Å². The Morgan fingerprint density at radius 2 is 2.12 bits per heavy atom. The third kappa shape index (κ3) is 3.28. The lowest BCUT2D eigenvalue weighted by atomic mass is 10.1. The maximum absolute atomic E-state index is 11.3.